The van der Waals surface area contributed by atoms with Gasteiger partial charge >= 0.3 is 6.18 Å². The van der Waals surface area contributed by atoms with Crippen molar-refractivity contribution in [3.8, 4) is 0 Å². The lowest BCUT2D eigenvalue weighted by atomic mass is 9.96. The Hall–Kier alpha value is -1.61. The molecule has 0 radical (unpaired) electrons. The first-order valence-corrected chi connectivity index (χ1v) is 9.09. The molecule has 0 N–H and O–H groups in total. The number of likely N-dealkylation sites (N-methyl/N-ethyl adjacent to an activating group) is 1. The number of carbonyl (C=O) groups excluding carboxylic acids is 1. The average molecular weight is 372 g/mol. The molecule has 0 spiro atoms. The zero-order chi connectivity index (χ0) is 17.9. The number of fused-ring (bicyclic) bond motifs is 5. The van der Waals surface area contributed by atoms with Gasteiger partial charge in [-0.3, -0.25) is 9.48 Å². The lowest BCUT2D eigenvalue weighted by Gasteiger charge is -2.32. The molecule has 136 valence electrons. The Morgan fingerprint density at radius 2 is 2.00 bits per heavy atom. The Kier molecular flexibility index (Phi) is 3.84. The molecule has 25 heavy (non-hydrogen) atoms. The largest absolute Gasteiger partial charge is 0.435 e. The Balaban J connectivity index is 1.67. The van der Waals surface area contributed by atoms with Gasteiger partial charge in [0.2, 0.25) is 0 Å². The molecule has 0 aliphatic carbocycles. The summed E-state index contributed by atoms with van der Waals surface area (Å²) in [6.45, 7) is 2.30. The predicted molar refractivity (Wildman–Crippen MR) is 88.6 cm³/mol. The van der Waals surface area contributed by atoms with Gasteiger partial charge in [0.1, 0.15) is 4.83 Å². The van der Waals surface area contributed by atoms with E-state index in [0.29, 0.717) is 34.8 Å². The molecule has 9 heteroatoms. The Morgan fingerprint density at radius 3 is 2.68 bits per heavy atom. The van der Waals surface area contributed by atoms with Crippen LogP contribution in [0.25, 0.3) is 10.2 Å². The summed E-state index contributed by atoms with van der Waals surface area (Å²) >= 11 is 1.09. The van der Waals surface area contributed by atoms with Crippen LogP contribution in [0.4, 0.5) is 13.2 Å². The quantitative estimate of drug-likeness (QED) is 0.773. The number of aromatic nitrogens is 2. The smallest absolute Gasteiger partial charge is 0.336 e. The van der Waals surface area contributed by atoms with Crippen LogP contribution in [0, 0.1) is 5.92 Å². The fourth-order valence-corrected chi connectivity index (χ4v) is 5.03. The van der Waals surface area contributed by atoms with E-state index in [4.69, 9.17) is 0 Å². The Labute approximate surface area is 147 Å². The molecule has 3 aliphatic rings. The van der Waals surface area contributed by atoms with Gasteiger partial charge in [-0.15, -0.1) is 11.3 Å². The number of rotatable bonds is 1. The number of hydrogen-bond acceptors (Lipinski definition) is 4. The molecule has 2 atom stereocenters. The van der Waals surface area contributed by atoms with Gasteiger partial charge in [0.15, 0.2) is 5.69 Å². The highest BCUT2D eigenvalue weighted by atomic mass is 32.1. The number of nitrogens with zero attached hydrogens (tertiary/aromatic N) is 4. The van der Waals surface area contributed by atoms with Crippen LogP contribution in [0.15, 0.2) is 6.07 Å². The van der Waals surface area contributed by atoms with Crippen LogP contribution in [-0.4, -0.2) is 58.2 Å². The van der Waals surface area contributed by atoms with Crippen molar-refractivity contribution < 1.29 is 18.0 Å². The third kappa shape index (κ3) is 2.83. The summed E-state index contributed by atoms with van der Waals surface area (Å²) < 4.78 is 40.6. The first kappa shape index (κ1) is 16.8. The van der Waals surface area contributed by atoms with Gasteiger partial charge in [-0.1, -0.05) is 0 Å². The van der Waals surface area contributed by atoms with Gasteiger partial charge in [-0.25, -0.2) is 0 Å². The van der Waals surface area contributed by atoms with Gasteiger partial charge in [0.25, 0.3) is 5.91 Å². The van der Waals surface area contributed by atoms with E-state index in [1.54, 1.807) is 0 Å². The normalized spacial score (nSPS) is 24.9. The molecule has 3 aliphatic heterocycles. The summed E-state index contributed by atoms with van der Waals surface area (Å²) in [7, 11) is 3.55. The second kappa shape index (κ2) is 5.70. The van der Waals surface area contributed by atoms with Crippen LogP contribution in [-0.2, 0) is 13.2 Å². The van der Waals surface area contributed by atoms with E-state index < -0.39 is 11.9 Å². The van der Waals surface area contributed by atoms with Gasteiger partial charge in [-0.2, -0.15) is 18.3 Å². The zero-order valence-corrected chi connectivity index (χ0v) is 14.8. The van der Waals surface area contributed by atoms with Crippen LogP contribution in [0.5, 0.6) is 0 Å². The van der Waals surface area contributed by atoms with E-state index in [0.717, 1.165) is 30.7 Å². The van der Waals surface area contributed by atoms with Crippen molar-refractivity contribution in [1.82, 2.24) is 19.6 Å². The van der Waals surface area contributed by atoms with Crippen molar-refractivity contribution in [2.24, 2.45) is 13.0 Å². The average Bonchev–Trinajstić information content (AvgIpc) is 2.96. The van der Waals surface area contributed by atoms with Crippen molar-refractivity contribution in [2.75, 3.05) is 26.7 Å². The summed E-state index contributed by atoms with van der Waals surface area (Å²) in [5.74, 6) is 0.274. The summed E-state index contributed by atoms with van der Waals surface area (Å²) in [6.07, 6.45) is -2.35. The maximum Gasteiger partial charge on any atom is 0.435 e. The Bertz CT molecular complexity index is 827. The lowest BCUT2D eigenvalue weighted by Crippen LogP contribution is -2.41. The number of amides is 1. The number of alkyl halides is 3. The van der Waals surface area contributed by atoms with Crippen LogP contribution in [0.2, 0.25) is 0 Å². The molecule has 0 aromatic carbocycles. The molecule has 2 aromatic heterocycles. The van der Waals surface area contributed by atoms with E-state index in [9.17, 15) is 18.0 Å². The summed E-state index contributed by atoms with van der Waals surface area (Å²) in [4.78, 5) is 17.8. The second-order valence-corrected chi connectivity index (χ2v) is 8.08. The minimum absolute atomic E-state index is 0.0123. The fourth-order valence-electron chi connectivity index (χ4n) is 3.99. The summed E-state index contributed by atoms with van der Waals surface area (Å²) in [5.41, 5.74) is -0.920. The summed E-state index contributed by atoms with van der Waals surface area (Å²) in [5, 5.41) is 3.58. The monoisotopic (exact) mass is 372 g/mol. The van der Waals surface area contributed by atoms with Crippen molar-refractivity contribution in [3.63, 3.8) is 0 Å². The van der Waals surface area contributed by atoms with Crippen molar-refractivity contribution >= 4 is 27.5 Å². The molecule has 1 amide bonds. The van der Waals surface area contributed by atoms with Gasteiger partial charge in [-0.05, 0) is 31.9 Å². The minimum Gasteiger partial charge on any atom is -0.336 e. The topological polar surface area (TPSA) is 41.4 Å². The zero-order valence-electron chi connectivity index (χ0n) is 14.0. The molecular weight excluding hydrogens is 353 g/mol. The van der Waals surface area contributed by atoms with Gasteiger partial charge in [0.05, 0.1) is 4.88 Å². The number of carbonyl (C=O) groups is 1. The summed E-state index contributed by atoms with van der Waals surface area (Å²) in [6, 6.07) is 1.69. The fraction of sp³-hybridized carbons (Fsp3) is 0.625. The molecular formula is C16H19F3N4OS. The van der Waals surface area contributed by atoms with E-state index in [1.807, 2.05) is 4.90 Å². The number of piperidine rings is 1. The number of aryl methyl sites for hydroxylation is 1. The molecule has 5 heterocycles. The molecule has 0 unspecified atom stereocenters. The molecule has 0 saturated carbocycles. The standard InChI is InChI=1S/C16H19F3N4OS/c1-21-6-9-3-4-10(21)8-23(7-9)14(24)12-5-11-13(16(17,18)19)20-22(2)15(11)25-12/h5,9-10H,3-4,6-8H2,1-2H3/t9-,10-/m1/s1. The highest BCUT2D eigenvalue weighted by Crippen LogP contribution is 2.38. The highest BCUT2D eigenvalue weighted by Gasteiger charge is 2.39. The highest BCUT2D eigenvalue weighted by molar-refractivity contribution is 7.20. The second-order valence-electron chi connectivity index (χ2n) is 7.05. The minimum atomic E-state index is -4.52. The van der Waals surface area contributed by atoms with E-state index >= 15 is 0 Å². The first-order chi connectivity index (χ1) is 11.7. The van der Waals surface area contributed by atoms with Crippen molar-refractivity contribution in [3.05, 3.63) is 16.6 Å². The molecule has 3 fully saturated rings. The molecule has 5 rings (SSSR count). The van der Waals surface area contributed by atoms with Crippen LogP contribution < -0.4 is 0 Å². The lowest BCUT2D eigenvalue weighted by molar-refractivity contribution is -0.140. The van der Waals surface area contributed by atoms with Crippen LogP contribution in [0.1, 0.15) is 28.2 Å². The first-order valence-electron chi connectivity index (χ1n) is 8.27. The number of thiophene rings is 1. The SMILES string of the molecule is CN1C[C@H]2CC[C@@H]1CN(C(=O)c1cc3c(C(F)(F)F)nn(C)c3s1)C2. The van der Waals surface area contributed by atoms with Crippen LogP contribution >= 0.6 is 11.3 Å². The van der Waals surface area contributed by atoms with Gasteiger partial charge < -0.3 is 9.80 Å². The van der Waals surface area contributed by atoms with Crippen molar-refractivity contribution in [1.29, 1.82) is 0 Å². The maximum absolute atomic E-state index is 13.1. The van der Waals surface area contributed by atoms with E-state index in [-0.39, 0.29) is 11.3 Å². The van der Waals surface area contributed by atoms with Crippen LogP contribution in [0.3, 0.4) is 0 Å². The molecule has 2 bridgehead atoms. The third-order valence-corrected chi connectivity index (χ3v) is 6.46. The molecule has 2 aromatic rings. The van der Waals surface area contributed by atoms with Gasteiger partial charge in [0, 0.05) is 38.1 Å². The molecule has 5 nitrogen and oxygen atoms in total. The van der Waals surface area contributed by atoms with E-state index in [2.05, 4.69) is 17.0 Å². The van der Waals surface area contributed by atoms with E-state index in [1.165, 1.54) is 17.8 Å². The maximum atomic E-state index is 13.1. The third-order valence-electron chi connectivity index (χ3n) is 5.27. The predicted octanol–water partition coefficient (Wildman–Crippen LogP) is 2.82. The molecule has 3 saturated heterocycles. The number of hydrogen-bond donors (Lipinski definition) is 0. The number of halogens is 3. The Morgan fingerprint density at radius 1 is 1.24 bits per heavy atom. The van der Waals surface area contributed by atoms with Crippen molar-refractivity contribution in [2.45, 2.75) is 25.1 Å².